The Kier molecular flexibility index (Phi) is 6.68. The molecule has 152 valence electrons. The summed E-state index contributed by atoms with van der Waals surface area (Å²) in [4.78, 5) is 0. The summed E-state index contributed by atoms with van der Waals surface area (Å²) < 4.78 is 66.7. The quantitative estimate of drug-likeness (QED) is 0.270. The smallest absolute Gasteiger partial charge is 0.194 e. The van der Waals surface area contributed by atoms with Crippen LogP contribution in [-0.2, 0) is 0 Å². The molecule has 0 radical (unpaired) electrons. The lowest BCUT2D eigenvalue weighted by molar-refractivity contribution is 0.377. The number of hydrogen-bond donors (Lipinski definition) is 0. The second-order valence-electron chi connectivity index (χ2n) is 7.26. The number of hydrogen-bond acceptors (Lipinski definition) is 0. The van der Waals surface area contributed by atoms with Crippen LogP contribution in [0, 0.1) is 23.4 Å². The minimum absolute atomic E-state index is 0.182. The van der Waals surface area contributed by atoms with Crippen molar-refractivity contribution in [1.29, 1.82) is 0 Å². The molecule has 0 saturated heterocycles. The van der Waals surface area contributed by atoms with Crippen LogP contribution < -0.4 is 0 Å². The molecule has 0 amide bonds. The minimum atomic E-state index is -1.46. The van der Waals surface area contributed by atoms with Crippen molar-refractivity contribution < 1.29 is 22.0 Å². The van der Waals surface area contributed by atoms with Crippen LogP contribution in [0.1, 0.15) is 48.3 Å². The molecule has 5 heteroatoms. The van der Waals surface area contributed by atoms with Crippen molar-refractivity contribution in [3.05, 3.63) is 95.1 Å². The SMILES string of the molecule is C=C/C(F)=C(\F)c1ccc(C2CCC(/C=C/c3cc(F)c(F)c(F)c3)CC2)cc1. The predicted octanol–water partition coefficient (Wildman–Crippen LogP) is 7.88. The third-order valence-electron chi connectivity index (χ3n) is 5.36. The van der Waals surface area contributed by atoms with Gasteiger partial charge in [0.2, 0.25) is 0 Å². The van der Waals surface area contributed by atoms with Crippen molar-refractivity contribution >= 4 is 11.9 Å². The summed E-state index contributed by atoms with van der Waals surface area (Å²) in [6, 6.07) is 8.72. The molecule has 0 bridgehead atoms. The molecule has 0 spiro atoms. The monoisotopic (exact) mass is 404 g/mol. The van der Waals surface area contributed by atoms with Gasteiger partial charge >= 0.3 is 0 Å². The number of allylic oxidation sites excluding steroid dienone is 3. The fourth-order valence-electron chi connectivity index (χ4n) is 3.69. The van der Waals surface area contributed by atoms with Gasteiger partial charge in [0.25, 0.3) is 0 Å². The Bertz CT molecular complexity index is 909. The van der Waals surface area contributed by atoms with Crippen LogP contribution in [0.2, 0.25) is 0 Å². The van der Waals surface area contributed by atoms with Crippen LogP contribution in [0.4, 0.5) is 22.0 Å². The molecule has 29 heavy (non-hydrogen) atoms. The second-order valence-corrected chi connectivity index (χ2v) is 7.26. The topological polar surface area (TPSA) is 0 Å². The van der Waals surface area contributed by atoms with E-state index >= 15 is 0 Å². The fourth-order valence-corrected chi connectivity index (χ4v) is 3.69. The van der Waals surface area contributed by atoms with Gasteiger partial charge in [0, 0.05) is 5.56 Å². The molecular weight excluding hydrogens is 383 g/mol. The van der Waals surface area contributed by atoms with Gasteiger partial charge in [-0.2, -0.15) is 0 Å². The first-order chi connectivity index (χ1) is 13.9. The van der Waals surface area contributed by atoms with Gasteiger partial charge in [-0.1, -0.05) is 43.0 Å². The molecule has 2 aromatic carbocycles. The second kappa shape index (κ2) is 9.21. The van der Waals surface area contributed by atoms with Crippen LogP contribution in [0.25, 0.3) is 11.9 Å². The number of halogens is 5. The molecule has 0 unspecified atom stereocenters. The van der Waals surface area contributed by atoms with Gasteiger partial charge in [-0.15, -0.1) is 0 Å². The molecule has 0 atom stereocenters. The maximum atomic E-state index is 13.8. The minimum Gasteiger partial charge on any atom is -0.204 e. The zero-order chi connectivity index (χ0) is 21.0. The lowest BCUT2D eigenvalue weighted by Gasteiger charge is -2.27. The summed E-state index contributed by atoms with van der Waals surface area (Å²) in [7, 11) is 0. The molecular formula is C24H21F5. The van der Waals surface area contributed by atoms with E-state index in [-0.39, 0.29) is 11.5 Å². The van der Waals surface area contributed by atoms with E-state index in [1.54, 1.807) is 18.2 Å². The van der Waals surface area contributed by atoms with Crippen LogP contribution in [-0.4, -0.2) is 0 Å². The molecule has 1 fully saturated rings. The standard InChI is InChI=1S/C24H21F5/c1-2-20(25)23(28)19-11-9-18(10-12-19)17-7-5-15(6-8-17)3-4-16-13-21(26)24(29)22(27)14-16/h2-4,9-15,17H,1,5-8H2/b4-3+,23-20+. The average molecular weight is 404 g/mol. The van der Waals surface area contributed by atoms with Gasteiger partial charge in [0.1, 0.15) is 0 Å². The third kappa shape index (κ3) is 5.03. The Morgan fingerprint density at radius 1 is 0.897 bits per heavy atom. The number of benzene rings is 2. The molecule has 0 nitrogen and oxygen atoms in total. The van der Waals surface area contributed by atoms with Crippen molar-refractivity contribution in [2.45, 2.75) is 31.6 Å². The predicted molar refractivity (Wildman–Crippen MR) is 106 cm³/mol. The highest BCUT2D eigenvalue weighted by Crippen LogP contribution is 2.37. The van der Waals surface area contributed by atoms with Crippen molar-refractivity contribution in [2.75, 3.05) is 0 Å². The van der Waals surface area contributed by atoms with E-state index in [1.807, 2.05) is 18.2 Å². The first-order valence-corrected chi connectivity index (χ1v) is 9.49. The zero-order valence-electron chi connectivity index (χ0n) is 15.8. The van der Waals surface area contributed by atoms with Crippen LogP contribution >= 0.6 is 0 Å². The van der Waals surface area contributed by atoms with Gasteiger partial charge in [-0.05, 0) is 66.9 Å². The lowest BCUT2D eigenvalue weighted by atomic mass is 9.78. The summed E-state index contributed by atoms with van der Waals surface area (Å²) in [5.41, 5.74) is 1.55. The first-order valence-electron chi connectivity index (χ1n) is 9.49. The summed E-state index contributed by atoms with van der Waals surface area (Å²) in [5, 5.41) is 0. The van der Waals surface area contributed by atoms with Crippen molar-refractivity contribution in [2.24, 2.45) is 5.92 Å². The Hall–Kier alpha value is -2.69. The van der Waals surface area contributed by atoms with Crippen molar-refractivity contribution in [3.8, 4) is 0 Å². The van der Waals surface area contributed by atoms with Gasteiger partial charge in [-0.25, -0.2) is 22.0 Å². The highest BCUT2D eigenvalue weighted by atomic mass is 19.2. The first kappa shape index (κ1) is 21.0. The fraction of sp³-hybridized carbons (Fsp3) is 0.250. The Morgan fingerprint density at radius 2 is 1.48 bits per heavy atom. The summed E-state index contributed by atoms with van der Waals surface area (Å²) in [6.07, 6.45) is 7.99. The van der Waals surface area contributed by atoms with Gasteiger partial charge in [0.15, 0.2) is 29.1 Å². The molecule has 0 aliphatic heterocycles. The number of rotatable bonds is 5. The molecule has 0 aromatic heterocycles. The molecule has 0 heterocycles. The molecule has 3 rings (SSSR count). The zero-order valence-corrected chi connectivity index (χ0v) is 15.8. The normalized spacial score (nSPS) is 20.6. The molecule has 2 aromatic rings. The summed E-state index contributed by atoms with van der Waals surface area (Å²) in [5.74, 6) is -5.17. The highest BCUT2D eigenvalue weighted by molar-refractivity contribution is 5.63. The van der Waals surface area contributed by atoms with Crippen LogP contribution in [0.3, 0.4) is 0 Å². The highest BCUT2D eigenvalue weighted by Gasteiger charge is 2.21. The van der Waals surface area contributed by atoms with E-state index in [1.165, 1.54) is 0 Å². The van der Waals surface area contributed by atoms with E-state index in [2.05, 4.69) is 6.58 Å². The van der Waals surface area contributed by atoms with Gasteiger partial charge in [0.05, 0.1) is 0 Å². The average Bonchev–Trinajstić information content (AvgIpc) is 2.75. The van der Waals surface area contributed by atoms with Gasteiger partial charge < -0.3 is 0 Å². The van der Waals surface area contributed by atoms with Crippen molar-refractivity contribution in [1.82, 2.24) is 0 Å². The lowest BCUT2D eigenvalue weighted by Crippen LogP contribution is -2.11. The summed E-state index contributed by atoms with van der Waals surface area (Å²) >= 11 is 0. The van der Waals surface area contributed by atoms with E-state index in [0.29, 0.717) is 11.5 Å². The summed E-state index contributed by atoms with van der Waals surface area (Å²) in [6.45, 7) is 3.22. The van der Waals surface area contributed by atoms with Crippen LogP contribution in [0.5, 0.6) is 0 Å². The van der Waals surface area contributed by atoms with E-state index in [0.717, 1.165) is 49.5 Å². The van der Waals surface area contributed by atoms with E-state index in [4.69, 9.17) is 0 Å². The Balaban J connectivity index is 1.60. The maximum absolute atomic E-state index is 13.8. The molecule has 1 saturated carbocycles. The van der Waals surface area contributed by atoms with Crippen LogP contribution in [0.15, 0.2) is 61.0 Å². The van der Waals surface area contributed by atoms with Crippen molar-refractivity contribution in [3.63, 3.8) is 0 Å². The van der Waals surface area contributed by atoms with E-state index in [9.17, 15) is 22.0 Å². The molecule has 0 N–H and O–H groups in total. The van der Waals surface area contributed by atoms with E-state index < -0.39 is 29.1 Å². The molecule has 1 aliphatic carbocycles. The third-order valence-corrected chi connectivity index (χ3v) is 5.36. The largest absolute Gasteiger partial charge is 0.204 e. The maximum Gasteiger partial charge on any atom is 0.194 e. The molecule has 1 aliphatic rings. The Labute approximate surface area is 167 Å². The van der Waals surface area contributed by atoms with Gasteiger partial charge in [-0.3, -0.25) is 0 Å². The Morgan fingerprint density at radius 3 is 2.03 bits per heavy atom.